The summed E-state index contributed by atoms with van der Waals surface area (Å²) in [5.74, 6) is -0.0531. The van der Waals surface area contributed by atoms with Crippen LogP contribution in [0, 0.1) is 5.82 Å². The van der Waals surface area contributed by atoms with E-state index in [1.54, 1.807) is 35.2 Å². The Kier molecular flexibility index (Phi) is 4.27. The molecular formula is C16H17FN4O. The van der Waals surface area contributed by atoms with Crippen molar-refractivity contribution in [2.24, 2.45) is 0 Å². The fourth-order valence-corrected chi connectivity index (χ4v) is 2.47. The van der Waals surface area contributed by atoms with Crippen LogP contribution in [0.15, 0.2) is 36.4 Å². The molecule has 1 aliphatic rings. The van der Waals surface area contributed by atoms with Crippen LogP contribution in [0.4, 0.5) is 15.9 Å². The summed E-state index contributed by atoms with van der Waals surface area (Å²) in [6, 6.07) is 9.58. The van der Waals surface area contributed by atoms with E-state index in [0.29, 0.717) is 17.2 Å². The molecule has 5 nitrogen and oxygen atoms in total. The maximum absolute atomic E-state index is 13.6. The molecule has 2 heterocycles. The highest BCUT2D eigenvalue weighted by molar-refractivity contribution is 5.92. The van der Waals surface area contributed by atoms with Gasteiger partial charge in [-0.1, -0.05) is 12.1 Å². The second-order valence-electron chi connectivity index (χ2n) is 5.26. The number of likely N-dealkylation sites (tertiary alicyclic amines) is 1. The number of nitrogens with one attached hydrogen (secondary N) is 1. The zero-order valence-corrected chi connectivity index (χ0v) is 12.1. The van der Waals surface area contributed by atoms with Crippen LogP contribution in [-0.2, 0) is 0 Å². The standard InChI is InChI=1S/C16H17FN4O/c17-12-6-2-3-7-13(12)18-15-9-8-14(19-20-15)16(22)21-10-4-1-5-11-21/h2-3,6-9H,1,4-5,10-11H2,(H,18,20). The molecule has 1 N–H and O–H groups in total. The molecule has 2 aromatic rings. The average molecular weight is 300 g/mol. The van der Waals surface area contributed by atoms with E-state index in [-0.39, 0.29) is 11.7 Å². The van der Waals surface area contributed by atoms with Gasteiger partial charge in [0.1, 0.15) is 5.82 Å². The van der Waals surface area contributed by atoms with E-state index in [1.807, 2.05) is 0 Å². The number of anilines is 2. The first-order valence-corrected chi connectivity index (χ1v) is 7.38. The lowest BCUT2D eigenvalue weighted by molar-refractivity contribution is 0.0717. The van der Waals surface area contributed by atoms with Crippen molar-refractivity contribution in [2.45, 2.75) is 19.3 Å². The lowest BCUT2D eigenvalue weighted by Crippen LogP contribution is -2.36. The van der Waals surface area contributed by atoms with Gasteiger partial charge in [0.25, 0.3) is 5.91 Å². The Hall–Kier alpha value is -2.50. The van der Waals surface area contributed by atoms with Crippen LogP contribution in [-0.4, -0.2) is 34.1 Å². The predicted octanol–water partition coefficient (Wildman–Crippen LogP) is 2.99. The van der Waals surface area contributed by atoms with Crippen LogP contribution in [0.3, 0.4) is 0 Å². The van der Waals surface area contributed by atoms with Gasteiger partial charge in [0.2, 0.25) is 0 Å². The van der Waals surface area contributed by atoms with E-state index in [2.05, 4.69) is 15.5 Å². The monoisotopic (exact) mass is 300 g/mol. The van der Waals surface area contributed by atoms with E-state index in [1.165, 1.54) is 12.5 Å². The number of para-hydroxylation sites is 1. The van der Waals surface area contributed by atoms with Gasteiger partial charge in [-0.25, -0.2) is 4.39 Å². The van der Waals surface area contributed by atoms with Gasteiger partial charge in [0.15, 0.2) is 11.5 Å². The van der Waals surface area contributed by atoms with Crippen molar-refractivity contribution in [1.82, 2.24) is 15.1 Å². The highest BCUT2D eigenvalue weighted by Gasteiger charge is 2.19. The third-order valence-electron chi connectivity index (χ3n) is 3.66. The topological polar surface area (TPSA) is 58.1 Å². The van der Waals surface area contributed by atoms with Gasteiger partial charge in [-0.3, -0.25) is 4.79 Å². The number of piperidine rings is 1. The summed E-state index contributed by atoms with van der Waals surface area (Å²) in [4.78, 5) is 14.1. The van der Waals surface area contributed by atoms with Gasteiger partial charge in [-0.15, -0.1) is 10.2 Å². The van der Waals surface area contributed by atoms with Crippen molar-refractivity contribution in [1.29, 1.82) is 0 Å². The van der Waals surface area contributed by atoms with Gasteiger partial charge >= 0.3 is 0 Å². The molecule has 6 heteroatoms. The largest absolute Gasteiger partial charge is 0.337 e. The zero-order valence-electron chi connectivity index (χ0n) is 12.1. The highest BCUT2D eigenvalue weighted by Crippen LogP contribution is 2.18. The van der Waals surface area contributed by atoms with Crippen LogP contribution in [0.25, 0.3) is 0 Å². The molecule has 3 rings (SSSR count). The molecule has 1 aromatic carbocycles. The Labute approximate surface area is 128 Å². The summed E-state index contributed by atoms with van der Waals surface area (Å²) in [5, 5.41) is 10.8. The average Bonchev–Trinajstić information content (AvgIpc) is 2.58. The zero-order chi connectivity index (χ0) is 15.4. The summed E-state index contributed by atoms with van der Waals surface area (Å²) in [5.41, 5.74) is 0.646. The number of rotatable bonds is 3. The summed E-state index contributed by atoms with van der Waals surface area (Å²) in [7, 11) is 0. The lowest BCUT2D eigenvalue weighted by atomic mass is 10.1. The molecule has 0 aliphatic carbocycles. The van der Waals surface area contributed by atoms with E-state index in [0.717, 1.165) is 25.9 Å². The van der Waals surface area contributed by atoms with Crippen LogP contribution < -0.4 is 5.32 Å². The first-order chi connectivity index (χ1) is 10.7. The first kappa shape index (κ1) is 14.4. The summed E-state index contributed by atoms with van der Waals surface area (Å²) < 4.78 is 13.6. The molecule has 0 atom stereocenters. The summed E-state index contributed by atoms with van der Waals surface area (Å²) in [6.07, 6.45) is 3.24. The molecule has 114 valence electrons. The Balaban J connectivity index is 1.70. The Bertz CT molecular complexity index is 653. The van der Waals surface area contributed by atoms with Gasteiger partial charge < -0.3 is 10.2 Å². The van der Waals surface area contributed by atoms with Crippen molar-refractivity contribution in [3.05, 3.63) is 47.9 Å². The number of halogens is 1. The Morgan fingerprint density at radius 3 is 2.50 bits per heavy atom. The molecule has 0 unspecified atom stereocenters. The number of benzene rings is 1. The van der Waals surface area contributed by atoms with Crippen LogP contribution in [0.5, 0.6) is 0 Å². The minimum absolute atomic E-state index is 0.0929. The van der Waals surface area contributed by atoms with Gasteiger partial charge in [-0.05, 0) is 43.5 Å². The summed E-state index contributed by atoms with van der Waals surface area (Å²) in [6.45, 7) is 1.55. The van der Waals surface area contributed by atoms with Crippen molar-refractivity contribution in [3.63, 3.8) is 0 Å². The predicted molar refractivity (Wildman–Crippen MR) is 81.5 cm³/mol. The molecule has 0 spiro atoms. The molecule has 1 amide bonds. The number of aromatic nitrogens is 2. The fraction of sp³-hybridized carbons (Fsp3) is 0.312. The smallest absolute Gasteiger partial charge is 0.274 e. The van der Waals surface area contributed by atoms with Crippen molar-refractivity contribution in [2.75, 3.05) is 18.4 Å². The molecular weight excluding hydrogens is 283 g/mol. The van der Waals surface area contributed by atoms with Gasteiger partial charge in [0.05, 0.1) is 5.69 Å². The fourth-order valence-electron chi connectivity index (χ4n) is 2.47. The second-order valence-corrected chi connectivity index (χ2v) is 5.26. The normalized spacial score (nSPS) is 14.7. The number of carbonyl (C=O) groups excluding carboxylic acids is 1. The van der Waals surface area contributed by atoms with Gasteiger partial charge in [-0.2, -0.15) is 0 Å². The van der Waals surface area contributed by atoms with Crippen molar-refractivity contribution < 1.29 is 9.18 Å². The minimum atomic E-state index is -0.363. The Morgan fingerprint density at radius 2 is 1.82 bits per heavy atom. The third-order valence-corrected chi connectivity index (χ3v) is 3.66. The third kappa shape index (κ3) is 3.21. The Morgan fingerprint density at radius 1 is 1.05 bits per heavy atom. The molecule has 1 saturated heterocycles. The number of hydrogen-bond acceptors (Lipinski definition) is 4. The molecule has 0 bridgehead atoms. The van der Waals surface area contributed by atoms with Crippen LogP contribution >= 0.6 is 0 Å². The lowest BCUT2D eigenvalue weighted by Gasteiger charge is -2.26. The number of nitrogens with zero attached hydrogens (tertiary/aromatic N) is 3. The van der Waals surface area contributed by atoms with E-state index < -0.39 is 0 Å². The number of amides is 1. The second kappa shape index (κ2) is 6.51. The molecule has 0 radical (unpaired) electrons. The quantitative estimate of drug-likeness (QED) is 0.946. The molecule has 1 aromatic heterocycles. The first-order valence-electron chi connectivity index (χ1n) is 7.38. The van der Waals surface area contributed by atoms with Gasteiger partial charge in [0, 0.05) is 13.1 Å². The molecule has 0 saturated carbocycles. The number of carbonyl (C=O) groups is 1. The maximum atomic E-state index is 13.6. The summed E-state index contributed by atoms with van der Waals surface area (Å²) >= 11 is 0. The van der Waals surface area contributed by atoms with E-state index in [9.17, 15) is 9.18 Å². The molecule has 1 fully saturated rings. The van der Waals surface area contributed by atoms with E-state index >= 15 is 0 Å². The van der Waals surface area contributed by atoms with Crippen LogP contribution in [0.1, 0.15) is 29.8 Å². The SMILES string of the molecule is O=C(c1ccc(Nc2ccccc2F)nn1)N1CCCCC1. The maximum Gasteiger partial charge on any atom is 0.274 e. The van der Waals surface area contributed by atoms with Crippen molar-refractivity contribution in [3.8, 4) is 0 Å². The molecule has 1 aliphatic heterocycles. The highest BCUT2D eigenvalue weighted by atomic mass is 19.1. The van der Waals surface area contributed by atoms with Crippen LogP contribution in [0.2, 0.25) is 0 Å². The number of hydrogen-bond donors (Lipinski definition) is 1. The molecule has 22 heavy (non-hydrogen) atoms. The van der Waals surface area contributed by atoms with E-state index in [4.69, 9.17) is 0 Å². The minimum Gasteiger partial charge on any atom is -0.337 e. The van der Waals surface area contributed by atoms with Crippen molar-refractivity contribution >= 4 is 17.4 Å².